The highest BCUT2D eigenvalue weighted by molar-refractivity contribution is 9.10. The van der Waals surface area contributed by atoms with Crippen molar-refractivity contribution >= 4 is 33.4 Å². The summed E-state index contributed by atoms with van der Waals surface area (Å²) in [6.07, 6.45) is 1.72. The first-order chi connectivity index (χ1) is 9.72. The molecule has 0 amide bonds. The van der Waals surface area contributed by atoms with Crippen molar-refractivity contribution in [2.45, 2.75) is 13.8 Å². The molecule has 1 aromatic carbocycles. The second-order valence-corrected chi connectivity index (χ2v) is 4.86. The van der Waals surface area contributed by atoms with Crippen molar-refractivity contribution in [3.8, 4) is 5.75 Å². The minimum Gasteiger partial charge on any atom is -0.494 e. The number of ether oxygens (including phenoxy) is 1. The molecule has 0 saturated carbocycles. The molecule has 0 bridgehead atoms. The summed E-state index contributed by atoms with van der Waals surface area (Å²) in [5.74, 6) is 2.14. The van der Waals surface area contributed by atoms with Crippen LogP contribution in [0.1, 0.15) is 13.8 Å². The van der Waals surface area contributed by atoms with Gasteiger partial charge in [-0.25, -0.2) is 4.98 Å². The van der Waals surface area contributed by atoms with Crippen LogP contribution in [0.25, 0.3) is 0 Å². The summed E-state index contributed by atoms with van der Waals surface area (Å²) in [5.41, 5.74) is 0.915. The maximum atomic E-state index is 5.48. The summed E-state index contributed by atoms with van der Waals surface area (Å²) in [7, 11) is 0. The number of halogens is 1. The molecule has 0 saturated heterocycles. The minimum atomic E-state index is 0.596. The average molecular weight is 337 g/mol. The number of nitrogens with zero attached hydrogens (tertiary/aromatic N) is 2. The Balaban J connectivity index is 2.20. The molecule has 0 aliphatic carbocycles. The van der Waals surface area contributed by atoms with Crippen molar-refractivity contribution in [1.29, 1.82) is 0 Å². The fourth-order valence-electron chi connectivity index (χ4n) is 1.67. The van der Waals surface area contributed by atoms with Crippen LogP contribution in [0.3, 0.4) is 0 Å². The molecule has 0 radical (unpaired) electrons. The third-order valence-corrected chi connectivity index (χ3v) is 3.07. The molecule has 0 aliphatic rings. The normalized spacial score (nSPS) is 10.2. The molecular weight excluding hydrogens is 320 g/mol. The van der Waals surface area contributed by atoms with Crippen molar-refractivity contribution in [1.82, 2.24) is 9.97 Å². The summed E-state index contributed by atoms with van der Waals surface area (Å²) in [5, 5.41) is 6.34. The maximum absolute atomic E-state index is 5.48. The van der Waals surface area contributed by atoms with E-state index in [4.69, 9.17) is 4.74 Å². The van der Waals surface area contributed by atoms with Gasteiger partial charge in [0.05, 0.1) is 11.1 Å². The highest BCUT2D eigenvalue weighted by Gasteiger charge is 2.05. The van der Waals surface area contributed by atoms with E-state index in [1.165, 1.54) is 0 Å². The van der Waals surface area contributed by atoms with Crippen molar-refractivity contribution in [3.63, 3.8) is 0 Å². The smallest absolute Gasteiger partial charge is 0.224 e. The lowest BCUT2D eigenvalue weighted by molar-refractivity contribution is 0.340. The van der Waals surface area contributed by atoms with Crippen LogP contribution in [0, 0.1) is 0 Å². The summed E-state index contributed by atoms with van der Waals surface area (Å²) in [4.78, 5) is 8.60. The van der Waals surface area contributed by atoms with Gasteiger partial charge in [0.2, 0.25) is 5.95 Å². The number of hydrogen-bond donors (Lipinski definition) is 2. The standard InChI is InChI=1S/C14H17BrN4O/c1-3-16-14-17-9-12(15)13(19-14)18-10-6-5-7-11(8-10)20-4-2/h5-9H,3-4H2,1-2H3,(H2,16,17,18,19). The molecular formula is C14H17BrN4O. The van der Waals surface area contributed by atoms with Crippen LogP contribution in [0.4, 0.5) is 17.5 Å². The van der Waals surface area contributed by atoms with Crippen LogP contribution >= 0.6 is 15.9 Å². The summed E-state index contributed by atoms with van der Waals surface area (Å²) < 4.78 is 6.29. The second-order valence-electron chi connectivity index (χ2n) is 4.01. The Morgan fingerprint density at radius 1 is 1.30 bits per heavy atom. The SMILES string of the molecule is CCNc1ncc(Br)c(Nc2cccc(OCC)c2)n1. The molecule has 2 N–H and O–H groups in total. The van der Waals surface area contributed by atoms with E-state index in [1.54, 1.807) is 6.20 Å². The van der Waals surface area contributed by atoms with Gasteiger partial charge >= 0.3 is 0 Å². The minimum absolute atomic E-state index is 0.596. The summed E-state index contributed by atoms with van der Waals surface area (Å²) >= 11 is 3.44. The van der Waals surface area contributed by atoms with E-state index in [1.807, 2.05) is 38.1 Å². The molecule has 20 heavy (non-hydrogen) atoms. The van der Waals surface area contributed by atoms with Crippen molar-refractivity contribution < 1.29 is 4.74 Å². The molecule has 1 aromatic heterocycles. The maximum Gasteiger partial charge on any atom is 0.224 e. The Morgan fingerprint density at radius 3 is 2.90 bits per heavy atom. The Kier molecular flexibility index (Phi) is 5.17. The molecule has 5 nitrogen and oxygen atoms in total. The number of hydrogen-bond acceptors (Lipinski definition) is 5. The fraction of sp³-hybridized carbons (Fsp3) is 0.286. The van der Waals surface area contributed by atoms with Gasteiger partial charge in [-0.1, -0.05) is 6.07 Å². The predicted molar refractivity (Wildman–Crippen MR) is 84.8 cm³/mol. The molecule has 0 fully saturated rings. The van der Waals surface area contributed by atoms with Crippen molar-refractivity contribution in [2.75, 3.05) is 23.8 Å². The quantitative estimate of drug-likeness (QED) is 0.839. The van der Waals surface area contributed by atoms with Gasteiger partial charge in [-0.3, -0.25) is 0 Å². The fourth-order valence-corrected chi connectivity index (χ4v) is 1.96. The predicted octanol–water partition coefficient (Wildman–Crippen LogP) is 3.81. The van der Waals surface area contributed by atoms with Crippen LogP contribution in [-0.2, 0) is 0 Å². The summed E-state index contributed by atoms with van der Waals surface area (Å²) in [6, 6.07) is 7.76. The largest absolute Gasteiger partial charge is 0.494 e. The molecule has 1 heterocycles. The second kappa shape index (κ2) is 7.09. The van der Waals surface area contributed by atoms with Crippen LogP contribution < -0.4 is 15.4 Å². The van der Waals surface area contributed by atoms with Gasteiger partial charge in [0.25, 0.3) is 0 Å². The summed E-state index contributed by atoms with van der Waals surface area (Å²) in [6.45, 7) is 5.39. The Bertz CT molecular complexity index is 577. The topological polar surface area (TPSA) is 59.1 Å². The van der Waals surface area contributed by atoms with Gasteiger partial charge in [0, 0.05) is 24.5 Å². The first kappa shape index (κ1) is 14.6. The Morgan fingerprint density at radius 2 is 2.15 bits per heavy atom. The highest BCUT2D eigenvalue weighted by atomic mass is 79.9. The monoisotopic (exact) mass is 336 g/mol. The van der Waals surface area contributed by atoms with E-state index in [2.05, 4.69) is 36.5 Å². The van der Waals surface area contributed by atoms with Crippen LogP contribution in [0.5, 0.6) is 5.75 Å². The zero-order valence-corrected chi connectivity index (χ0v) is 13.1. The number of aromatic nitrogens is 2. The zero-order chi connectivity index (χ0) is 14.4. The van der Waals surface area contributed by atoms with Gasteiger partial charge in [0.1, 0.15) is 11.6 Å². The number of rotatable bonds is 6. The number of nitrogens with one attached hydrogen (secondary N) is 2. The first-order valence-electron chi connectivity index (χ1n) is 6.49. The average Bonchev–Trinajstić information content (AvgIpc) is 2.44. The molecule has 0 atom stereocenters. The van der Waals surface area contributed by atoms with Crippen molar-refractivity contribution in [3.05, 3.63) is 34.9 Å². The van der Waals surface area contributed by atoms with Gasteiger partial charge < -0.3 is 15.4 Å². The molecule has 0 unspecified atom stereocenters. The van der Waals surface area contributed by atoms with Gasteiger partial charge in [0.15, 0.2) is 0 Å². The molecule has 0 spiro atoms. The third kappa shape index (κ3) is 3.84. The highest BCUT2D eigenvalue weighted by Crippen LogP contribution is 2.26. The van der Waals surface area contributed by atoms with E-state index < -0.39 is 0 Å². The van der Waals surface area contributed by atoms with E-state index in [0.29, 0.717) is 18.4 Å². The van der Waals surface area contributed by atoms with E-state index >= 15 is 0 Å². The third-order valence-electron chi connectivity index (χ3n) is 2.49. The zero-order valence-electron chi connectivity index (χ0n) is 11.5. The van der Waals surface area contributed by atoms with Crippen molar-refractivity contribution in [2.24, 2.45) is 0 Å². The van der Waals surface area contributed by atoms with Crippen LogP contribution in [-0.4, -0.2) is 23.1 Å². The lowest BCUT2D eigenvalue weighted by Crippen LogP contribution is -2.04. The molecule has 6 heteroatoms. The van der Waals surface area contributed by atoms with E-state index in [-0.39, 0.29) is 0 Å². The lowest BCUT2D eigenvalue weighted by Gasteiger charge is -2.10. The molecule has 0 aliphatic heterocycles. The van der Waals surface area contributed by atoms with E-state index in [9.17, 15) is 0 Å². The Labute approximate surface area is 126 Å². The molecule has 106 valence electrons. The van der Waals surface area contributed by atoms with Crippen LogP contribution in [0.15, 0.2) is 34.9 Å². The van der Waals surface area contributed by atoms with Gasteiger partial charge in [-0.2, -0.15) is 4.98 Å². The lowest BCUT2D eigenvalue weighted by atomic mass is 10.3. The number of anilines is 3. The van der Waals surface area contributed by atoms with E-state index in [0.717, 1.165) is 22.5 Å². The molecule has 2 aromatic rings. The number of benzene rings is 1. The van der Waals surface area contributed by atoms with Crippen LogP contribution in [0.2, 0.25) is 0 Å². The van der Waals surface area contributed by atoms with Gasteiger partial charge in [-0.05, 0) is 41.9 Å². The Hall–Kier alpha value is -1.82. The first-order valence-corrected chi connectivity index (χ1v) is 7.28. The van der Waals surface area contributed by atoms with Gasteiger partial charge in [-0.15, -0.1) is 0 Å². The molecule has 2 rings (SSSR count).